The Labute approximate surface area is 185 Å². The summed E-state index contributed by atoms with van der Waals surface area (Å²) >= 11 is 0. The fraction of sp³-hybridized carbons (Fsp3) is 0.462. The van der Waals surface area contributed by atoms with Gasteiger partial charge in [-0.25, -0.2) is 0 Å². The molecule has 0 saturated carbocycles. The number of carbonyl (C=O) groups excluding carboxylic acids is 2. The number of carbonyl (C=O) groups is 2. The van der Waals surface area contributed by atoms with Crippen LogP contribution >= 0.6 is 0 Å². The van der Waals surface area contributed by atoms with E-state index in [2.05, 4.69) is 0 Å². The largest absolute Gasteiger partial charge is 0.457 e. The van der Waals surface area contributed by atoms with Crippen molar-refractivity contribution in [1.29, 1.82) is 0 Å². The minimum absolute atomic E-state index is 0.283. The summed E-state index contributed by atoms with van der Waals surface area (Å²) in [7, 11) is 0. The molecule has 0 heterocycles. The minimum Gasteiger partial charge on any atom is -0.457 e. The Hall–Kier alpha value is -2.50. The maximum absolute atomic E-state index is 11.3. The Morgan fingerprint density at radius 1 is 0.645 bits per heavy atom. The molecule has 0 saturated heterocycles. The highest BCUT2D eigenvalue weighted by molar-refractivity contribution is 5.78. The third-order valence-corrected chi connectivity index (χ3v) is 4.90. The SMILES string of the molecule is CCC(=O)CCCOCc1ccc(Oc2ccc(COCCCC(=O)CC)cc2)cc1. The van der Waals surface area contributed by atoms with Crippen molar-refractivity contribution in [2.75, 3.05) is 13.2 Å². The van der Waals surface area contributed by atoms with Crippen molar-refractivity contribution in [3.8, 4) is 11.5 Å². The van der Waals surface area contributed by atoms with Crippen molar-refractivity contribution >= 4 is 11.6 Å². The van der Waals surface area contributed by atoms with Gasteiger partial charge in [-0.2, -0.15) is 0 Å². The topological polar surface area (TPSA) is 61.8 Å². The summed E-state index contributed by atoms with van der Waals surface area (Å²) in [6.45, 7) is 6.02. The highest BCUT2D eigenvalue weighted by Gasteiger charge is 2.02. The Kier molecular flexibility index (Phi) is 11.6. The molecular formula is C26H34O5. The van der Waals surface area contributed by atoms with Crippen LogP contribution in [-0.2, 0) is 32.3 Å². The fourth-order valence-electron chi connectivity index (χ4n) is 2.92. The molecule has 31 heavy (non-hydrogen) atoms. The van der Waals surface area contributed by atoms with E-state index in [0.29, 0.717) is 52.1 Å². The average molecular weight is 427 g/mol. The van der Waals surface area contributed by atoms with Gasteiger partial charge in [0.15, 0.2) is 0 Å². The summed E-state index contributed by atoms with van der Waals surface area (Å²) in [5, 5.41) is 0. The van der Waals surface area contributed by atoms with Gasteiger partial charge in [-0.15, -0.1) is 0 Å². The van der Waals surface area contributed by atoms with Gasteiger partial charge in [-0.1, -0.05) is 38.1 Å². The molecule has 0 aliphatic rings. The monoisotopic (exact) mass is 426 g/mol. The number of Topliss-reactive ketones (excluding diaryl/α,β-unsaturated/α-hetero) is 2. The lowest BCUT2D eigenvalue weighted by molar-refractivity contribution is -0.119. The second-order valence-corrected chi connectivity index (χ2v) is 7.49. The molecule has 0 fully saturated rings. The van der Waals surface area contributed by atoms with Crippen LogP contribution in [0.2, 0.25) is 0 Å². The van der Waals surface area contributed by atoms with Crippen LogP contribution in [0.15, 0.2) is 48.5 Å². The van der Waals surface area contributed by atoms with E-state index in [1.807, 2.05) is 62.4 Å². The first-order valence-corrected chi connectivity index (χ1v) is 11.1. The molecule has 0 unspecified atom stereocenters. The molecule has 2 rings (SSSR count). The predicted molar refractivity (Wildman–Crippen MR) is 121 cm³/mol. The standard InChI is InChI=1S/C26H34O5/c1-3-23(27)7-5-17-29-19-21-9-13-25(14-10-21)31-26-15-11-22(12-16-26)20-30-18-6-8-24(28)4-2/h9-16H,3-8,17-20H2,1-2H3. The highest BCUT2D eigenvalue weighted by Crippen LogP contribution is 2.22. The van der Waals surface area contributed by atoms with Crippen molar-refractivity contribution in [2.45, 2.75) is 65.6 Å². The molecule has 168 valence electrons. The van der Waals surface area contributed by atoms with E-state index in [1.54, 1.807) is 0 Å². The van der Waals surface area contributed by atoms with E-state index >= 15 is 0 Å². The molecule has 5 nitrogen and oxygen atoms in total. The van der Waals surface area contributed by atoms with Gasteiger partial charge < -0.3 is 14.2 Å². The lowest BCUT2D eigenvalue weighted by Gasteiger charge is -2.09. The smallest absolute Gasteiger partial charge is 0.132 e. The minimum atomic E-state index is 0.283. The molecule has 5 heteroatoms. The summed E-state index contributed by atoms with van der Waals surface area (Å²) in [6.07, 6.45) is 3.92. The number of ether oxygens (including phenoxy) is 3. The second-order valence-electron chi connectivity index (χ2n) is 7.49. The van der Waals surface area contributed by atoms with Crippen LogP contribution in [0.25, 0.3) is 0 Å². The number of hydrogen-bond acceptors (Lipinski definition) is 5. The van der Waals surface area contributed by atoms with Crippen molar-refractivity contribution in [3.63, 3.8) is 0 Å². The first-order chi connectivity index (χ1) is 15.1. The normalized spacial score (nSPS) is 10.8. The Morgan fingerprint density at radius 2 is 1.03 bits per heavy atom. The molecule has 2 aromatic carbocycles. The molecule has 0 radical (unpaired) electrons. The molecule has 0 spiro atoms. The van der Waals surface area contributed by atoms with Crippen LogP contribution in [0.4, 0.5) is 0 Å². The third kappa shape index (κ3) is 10.4. The quantitative estimate of drug-likeness (QED) is 0.307. The van der Waals surface area contributed by atoms with Gasteiger partial charge in [0.25, 0.3) is 0 Å². The average Bonchev–Trinajstić information content (AvgIpc) is 2.80. The molecule has 0 aliphatic heterocycles. The Balaban J connectivity index is 1.67. The molecule has 2 aromatic rings. The second kappa shape index (κ2) is 14.5. The van der Waals surface area contributed by atoms with E-state index in [0.717, 1.165) is 35.5 Å². The predicted octanol–water partition coefficient (Wildman–Crippen LogP) is 6.03. The summed E-state index contributed by atoms with van der Waals surface area (Å²) in [5.41, 5.74) is 2.14. The van der Waals surface area contributed by atoms with E-state index in [4.69, 9.17) is 14.2 Å². The lowest BCUT2D eigenvalue weighted by Crippen LogP contribution is -2.00. The first-order valence-electron chi connectivity index (χ1n) is 11.1. The van der Waals surface area contributed by atoms with Crippen molar-refractivity contribution < 1.29 is 23.8 Å². The zero-order chi connectivity index (χ0) is 22.3. The first kappa shape index (κ1) is 24.8. The van der Waals surface area contributed by atoms with E-state index in [-0.39, 0.29) is 11.6 Å². The molecule has 0 aliphatic carbocycles. The number of benzene rings is 2. The van der Waals surface area contributed by atoms with Crippen LogP contribution in [-0.4, -0.2) is 24.8 Å². The number of hydrogen-bond donors (Lipinski definition) is 0. The Morgan fingerprint density at radius 3 is 1.39 bits per heavy atom. The van der Waals surface area contributed by atoms with Gasteiger partial charge in [-0.3, -0.25) is 9.59 Å². The van der Waals surface area contributed by atoms with E-state index in [1.165, 1.54) is 0 Å². The van der Waals surface area contributed by atoms with Crippen LogP contribution in [0.1, 0.15) is 63.5 Å². The number of ketones is 2. The molecule has 0 amide bonds. The van der Waals surface area contributed by atoms with Crippen molar-refractivity contribution in [2.24, 2.45) is 0 Å². The molecule has 0 atom stereocenters. The molecule has 0 bridgehead atoms. The molecule has 0 aromatic heterocycles. The van der Waals surface area contributed by atoms with Gasteiger partial charge in [0.2, 0.25) is 0 Å². The molecular weight excluding hydrogens is 392 g/mol. The van der Waals surface area contributed by atoms with Crippen LogP contribution < -0.4 is 4.74 Å². The summed E-state index contributed by atoms with van der Waals surface area (Å²) < 4.78 is 17.2. The van der Waals surface area contributed by atoms with Gasteiger partial charge in [0.05, 0.1) is 13.2 Å². The Bertz CT molecular complexity index is 713. The summed E-state index contributed by atoms with van der Waals surface area (Å²) in [4.78, 5) is 22.5. The van der Waals surface area contributed by atoms with Crippen LogP contribution in [0, 0.1) is 0 Å². The van der Waals surface area contributed by atoms with Gasteiger partial charge in [0, 0.05) is 38.9 Å². The van der Waals surface area contributed by atoms with Crippen molar-refractivity contribution in [3.05, 3.63) is 59.7 Å². The lowest BCUT2D eigenvalue weighted by atomic mass is 10.2. The van der Waals surface area contributed by atoms with Crippen LogP contribution in [0.3, 0.4) is 0 Å². The van der Waals surface area contributed by atoms with E-state index < -0.39 is 0 Å². The third-order valence-electron chi connectivity index (χ3n) is 4.90. The fourth-order valence-corrected chi connectivity index (χ4v) is 2.92. The van der Waals surface area contributed by atoms with Gasteiger partial charge >= 0.3 is 0 Å². The highest BCUT2D eigenvalue weighted by atomic mass is 16.5. The summed E-state index contributed by atoms with van der Waals surface area (Å²) in [6, 6.07) is 15.6. The van der Waals surface area contributed by atoms with Gasteiger partial charge in [0.1, 0.15) is 23.1 Å². The van der Waals surface area contributed by atoms with Crippen LogP contribution in [0.5, 0.6) is 11.5 Å². The maximum Gasteiger partial charge on any atom is 0.132 e. The number of rotatable bonds is 16. The van der Waals surface area contributed by atoms with E-state index in [9.17, 15) is 9.59 Å². The maximum atomic E-state index is 11.3. The zero-order valence-corrected chi connectivity index (χ0v) is 18.7. The summed E-state index contributed by atoms with van der Waals surface area (Å²) in [5.74, 6) is 2.10. The van der Waals surface area contributed by atoms with Gasteiger partial charge in [-0.05, 0) is 48.2 Å². The molecule has 0 N–H and O–H groups in total. The van der Waals surface area contributed by atoms with Crippen molar-refractivity contribution in [1.82, 2.24) is 0 Å². The zero-order valence-electron chi connectivity index (χ0n) is 18.7.